The third-order valence-electron chi connectivity index (χ3n) is 14.6. The number of aliphatic hydroxyl groups excluding tert-OH is 2. The standard InChI is InChI=1S/C32H50O6/c1-17-15-19-24(36-18(2)33)27(5,6)38-32(37-19)23(17)28(7)13-14-31-16-30(31)12-11-22(34)26(3,4)20(30)9-10-21(31)29(28,8)25(32)35/h17,19-25,34-35H,9-16H2,1-8H3/t17-,19-,20+,21+,22+,23?,24+,25-,28-,29-,30-,31+,32+/m1/s1. The number of esters is 1. The fourth-order valence-corrected chi connectivity index (χ4v) is 13.1. The van der Waals surface area contributed by atoms with Crippen LogP contribution in [0.1, 0.15) is 107 Å². The van der Waals surface area contributed by atoms with Crippen LogP contribution in [0.15, 0.2) is 0 Å². The second-order valence-electron chi connectivity index (χ2n) is 16.5. The lowest BCUT2D eigenvalue weighted by atomic mass is 9.41. The van der Waals surface area contributed by atoms with Gasteiger partial charge in [0.25, 0.3) is 0 Å². The summed E-state index contributed by atoms with van der Waals surface area (Å²) in [6.07, 6.45) is 6.87. The first-order valence-electron chi connectivity index (χ1n) is 15.4. The first-order valence-corrected chi connectivity index (χ1v) is 15.4. The molecule has 7 rings (SSSR count). The quantitative estimate of drug-likeness (QED) is 0.452. The molecule has 13 atom stereocenters. The number of hydrogen-bond acceptors (Lipinski definition) is 6. The van der Waals surface area contributed by atoms with Crippen molar-refractivity contribution in [2.75, 3.05) is 0 Å². The van der Waals surface area contributed by atoms with Crippen molar-refractivity contribution >= 4 is 5.97 Å². The number of rotatable bonds is 1. The van der Waals surface area contributed by atoms with Crippen LogP contribution in [-0.2, 0) is 19.0 Å². The van der Waals surface area contributed by atoms with E-state index in [0.29, 0.717) is 17.3 Å². The van der Waals surface area contributed by atoms with E-state index in [1.165, 1.54) is 19.8 Å². The highest BCUT2D eigenvalue weighted by Gasteiger charge is 2.87. The highest BCUT2D eigenvalue weighted by Crippen LogP contribution is 2.90. The van der Waals surface area contributed by atoms with Crippen LogP contribution in [0.3, 0.4) is 0 Å². The van der Waals surface area contributed by atoms with Crippen molar-refractivity contribution < 1.29 is 29.2 Å². The van der Waals surface area contributed by atoms with E-state index in [2.05, 4.69) is 34.6 Å². The smallest absolute Gasteiger partial charge is 0.303 e. The largest absolute Gasteiger partial charge is 0.457 e. The summed E-state index contributed by atoms with van der Waals surface area (Å²) < 4.78 is 19.6. The highest BCUT2D eigenvalue weighted by atomic mass is 16.8. The minimum absolute atomic E-state index is 0.0532. The average molecular weight is 531 g/mol. The molecule has 6 heteroatoms. The molecule has 38 heavy (non-hydrogen) atoms. The van der Waals surface area contributed by atoms with Crippen molar-refractivity contribution in [3.63, 3.8) is 0 Å². The Morgan fingerprint density at radius 3 is 2.26 bits per heavy atom. The van der Waals surface area contributed by atoms with Gasteiger partial charge < -0.3 is 24.4 Å². The van der Waals surface area contributed by atoms with Crippen molar-refractivity contribution in [2.24, 2.45) is 50.7 Å². The van der Waals surface area contributed by atoms with Crippen LogP contribution in [0.25, 0.3) is 0 Å². The Labute approximate surface area is 228 Å². The van der Waals surface area contributed by atoms with Crippen LogP contribution in [0.4, 0.5) is 0 Å². The lowest BCUT2D eigenvalue weighted by Gasteiger charge is -2.63. The van der Waals surface area contributed by atoms with Gasteiger partial charge in [-0.3, -0.25) is 4.79 Å². The number of carbonyl (C=O) groups excluding carboxylic acids is 1. The molecule has 7 fully saturated rings. The third kappa shape index (κ3) is 2.61. The molecule has 1 unspecified atom stereocenters. The molecule has 3 spiro atoms. The fourth-order valence-electron chi connectivity index (χ4n) is 13.1. The van der Waals surface area contributed by atoms with Gasteiger partial charge in [-0.05, 0) is 105 Å². The molecule has 0 radical (unpaired) electrons. The highest BCUT2D eigenvalue weighted by molar-refractivity contribution is 5.66. The zero-order chi connectivity index (χ0) is 27.5. The van der Waals surface area contributed by atoms with Gasteiger partial charge in [-0.1, -0.05) is 34.6 Å². The van der Waals surface area contributed by atoms with Gasteiger partial charge in [-0.2, -0.15) is 0 Å². The van der Waals surface area contributed by atoms with Crippen molar-refractivity contribution in [1.29, 1.82) is 0 Å². The zero-order valence-electron chi connectivity index (χ0n) is 24.8. The van der Waals surface area contributed by atoms with Gasteiger partial charge in [0.1, 0.15) is 17.8 Å². The molecule has 5 aliphatic carbocycles. The Morgan fingerprint density at radius 1 is 0.921 bits per heavy atom. The number of fused-ring (bicyclic) bond motifs is 4. The van der Waals surface area contributed by atoms with Crippen LogP contribution in [0.5, 0.6) is 0 Å². The molecule has 0 aromatic rings. The number of ether oxygens (including phenoxy) is 3. The molecule has 2 aliphatic heterocycles. The Balaban J connectivity index is 1.31. The monoisotopic (exact) mass is 530 g/mol. The van der Waals surface area contributed by atoms with Gasteiger partial charge in [-0.15, -0.1) is 0 Å². The second kappa shape index (κ2) is 7.20. The van der Waals surface area contributed by atoms with Crippen molar-refractivity contribution in [3.8, 4) is 0 Å². The van der Waals surface area contributed by atoms with Crippen LogP contribution in [0.2, 0.25) is 0 Å². The molecule has 2 heterocycles. The molecular weight excluding hydrogens is 480 g/mol. The van der Waals surface area contributed by atoms with Gasteiger partial charge >= 0.3 is 5.97 Å². The van der Waals surface area contributed by atoms with Crippen molar-refractivity contribution in [2.45, 2.75) is 143 Å². The summed E-state index contributed by atoms with van der Waals surface area (Å²) in [6, 6.07) is 0. The molecule has 6 nitrogen and oxygen atoms in total. The lowest BCUT2D eigenvalue weighted by Crippen LogP contribution is -2.71. The first-order chi connectivity index (χ1) is 17.5. The number of hydrogen-bond donors (Lipinski definition) is 2. The third-order valence-corrected chi connectivity index (χ3v) is 14.6. The van der Waals surface area contributed by atoms with Gasteiger partial charge in [0.15, 0.2) is 11.9 Å². The van der Waals surface area contributed by atoms with Gasteiger partial charge in [0.2, 0.25) is 0 Å². The Kier molecular flexibility index (Phi) is 4.97. The summed E-state index contributed by atoms with van der Waals surface area (Å²) in [6.45, 7) is 17.2. The van der Waals surface area contributed by atoms with Crippen LogP contribution in [-0.4, -0.2) is 52.0 Å². The second-order valence-corrected chi connectivity index (χ2v) is 16.5. The first kappa shape index (κ1) is 26.2. The fraction of sp³-hybridized carbons (Fsp3) is 0.969. The number of carbonyl (C=O) groups is 1. The van der Waals surface area contributed by atoms with E-state index in [1.54, 1.807) is 0 Å². The van der Waals surface area contributed by atoms with E-state index in [9.17, 15) is 15.0 Å². The van der Waals surface area contributed by atoms with E-state index in [1.807, 2.05) is 13.8 Å². The molecule has 7 aliphatic rings. The summed E-state index contributed by atoms with van der Waals surface area (Å²) in [7, 11) is 0. The van der Waals surface area contributed by atoms with E-state index < -0.39 is 23.6 Å². The molecule has 0 amide bonds. The maximum absolute atomic E-state index is 12.7. The Hall–Kier alpha value is -0.690. The molecule has 2 saturated heterocycles. The topological polar surface area (TPSA) is 85.2 Å². The molecule has 0 aromatic heterocycles. The summed E-state index contributed by atoms with van der Waals surface area (Å²) in [5, 5.41) is 23.7. The average Bonchev–Trinajstić information content (AvgIpc) is 3.45. The molecule has 214 valence electrons. The van der Waals surface area contributed by atoms with E-state index in [4.69, 9.17) is 14.2 Å². The molecule has 2 N–H and O–H groups in total. The van der Waals surface area contributed by atoms with Crippen LogP contribution < -0.4 is 0 Å². The molecule has 5 saturated carbocycles. The van der Waals surface area contributed by atoms with Crippen LogP contribution >= 0.6 is 0 Å². The maximum Gasteiger partial charge on any atom is 0.303 e. The van der Waals surface area contributed by atoms with E-state index in [0.717, 1.165) is 38.5 Å². The van der Waals surface area contributed by atoms with Crippen molar-refractivity contribution in [1.82, 2.24) is 0 Å². The summed E-state index contributed by atoms with van der Waals surface area (Å²) >= 11 is 0. The Morgan fingerprint density at radius 2 is 1.58 bits per heavy atom. The minimum atomic E-state index is -1.08. The van der Waals surface area contributed by atoms with Crippen molar-refractivity contribution in [3.05, 3.63) is 0 Å². The van der Waals surface area contributed by atoms with Gasteiger partial charge in [-0.25, -0.2) is 0 Å². The van der Waals surface area contributed by atoms with Crippen LogP contribution in [0, 0.1) is 50.7 Å². The predicted molar refractivity (Wildman–Crippen MR) is 142 cm³/mol. The molecule has 2 bridgehead atoms. The van der Waals surface area contributed by atoms with E-state index in [-0.39, 0.29) is 51.7 Å². The van der Waals surface area contributed by atoms with Gasteiger partial charge in [0, 0.05) is 18.3 Å². The summed E-state index contributed by atoms with van der Waals surface area (Å²) in [5.41, 5.74) is -0.707. The van der Waals surface area contributed by atoms with E-state index >= 15 is 0 Å². The summed E-state index contributed by atoms with van der Waals surface area (Å²) in [5.74, 6) is -0.0731. The molecule has 0 aromatic carbocycles. The van der Waals surface area contributed by atoms with Gasteiger partial charge in [0.05, 0.1) is 6.10 Å². The summed E-state index contributed by atoms with van der Waals surface area (Å²) in [4.78, 5) is 12.0. The maximum atomic E-state index is 12.7. The normalized spacial score (nSPS) is 60.9. The minimum Gasteiger partial charge on any atom is -0.457 e. The predicted octanol–water partition coefficient (Wildman–Crippen LogP) is 5.23. The Bertz CT molecular complexity index is 1070. The zero-order valence-corrected chi connectivity index (χ0v) is 24.8. The SMILES string of the molecule is CC(=O)O[C@H]1[C@H]2C[C@@H](C)C3[C@](O2)(OC1(C)C)[C@H](O)[C@@]1(C)[C@@H]2CC[C@H]4C(C)(C)[C@@H](O)CC[C@@]45C[C@@]25CC[C@]31C. The molecular formula is C32H50O6. The lowest BCUT2D eigenvalue weighted by molar-refractivity contribution is -0.430. The number of aliphatic hydroxyl groups is 2.